The maximum atomic E-state index is 5.86. The summed E-state index contributed by atoms with van der Waals surface area (Å²) in [5.41, 5.74) is 0.896. The minimum atomic E-state index is 0.588. The van der Waals surface area contributed by atoms with Gasteiger partial charge in [-0.15, -0.1) is 11.3 Å². The van der Waals surface area contributed by atoms with E-state index in [1.54, 1.807) is 11.3 Å². The molecule has 5 nitrogen and oxygen atoms in total. The third-order valence-electron chi connectivity index (χ3n) is 3.05. The summed E-state index contributed by atoms with van der Waals surface area (Å²) in [5.74, 6) is 1.21. The van der Waals surface area contributed by atoms with Crippen LogP contribution < -0.4 is 5.32 Å². The van der Waals surface area contributed by atoms with E-state index in [1.807, 2.05) is 37.4 Å². The van der Waals surface area contributed by atoms with E-state index in [4.69, 9.17) is 16.1 Å². The van der Waals surface area contributed by atoms with Gasteiger partial charge in [0, 0.05) is 41.2 Å². The maximum absolute atomic E-state index is 5.86. The van der Waals surface area contributed by atoms with Gasteiger partial charge in [0.1, 0.15) is 0 Å². The van der Waals surface area contributed by atoms with Crippen molar-refractivity contribution in [3.63, 3.8) is 0 Å². The molecule has 1 N–H and O–H groups in total. The molecule has 2 aromatic heterocycles. The molecule has 114 valence electrons. The van der Waals surface area contributed by atoms with Crippen LogP contribution in [0.25, 0.3) is 11.4 Å². The Kier molecular flexibility index (Phi) is 4.82. The second-order valence-electron chi connectivity index (χ2n) is 4.79. The molecule has 0 unspecified atom stereocenters. The first-order chi connectivity index (χ1) is 10.7. The zero-order valence-corrected chi connectivity index (χ0v) is 13.6. The number of halogens is 1. The largest absolute Gasteiger partial charge is 0.339 e. The van der Waals surface area contributed by atoms with Gasteiger partial charge in [-0.25, -0.2) is 4.98 Å². The Morgan fingerprint density at radius 3 is 2.82 bits per heavy atom. The van der Waals surface area contributed by atoms with Gasteiger partial charge in [0.15, 0.2) is 0 Å². The van der Waals surface area contributed by atoms with Gasteiger partial charge in [-0.1, -0.05) is 16.8 Å². The number of aryl methyl sites for hydroxylation is 1. The van der Waals surface area contributed by atoms with E-state index in [-0.39, 0.29) is 0 Å². The van der Waals surface area contributed by atoms with Gasteiger partial charge in [-0.05, 0) is 31.2 Å². The second kappa shape index (κ2) is 7.00. The van der Waals surface area contributed by atoms with Gasteiger partial charge < -0.3 is 9.84 Å². The third-order valence-corrected chi connectivity index (χ3v) is 4.22. The van der Waals surface area contributed by atoms with Crippen LogP contribution in [0, 0.1) is 6.92 Å². The lowest BCUT2D eigenvalue weighted by atomic mass is 10.2. The van der Waals surface area contributed by atoms with Crippen LogP contribution in [0.3, 0.4) is 0 Å². The predicted octanol–water partition coefficient (Wildman–Crippen LogP) is 3.49. The molecule has 7 heteroatoms. The minimum Gasteiger partial charge on any atom is -0.339 e. The standard InChI is InChI=1S/C15H15ClN4OS/c1-10-18-9-13(22-10)8-17-7-6-14-19-15(20-21-14)11-2-4-12(16)5-3-11/h2-5,9,17H,6-8H2,1H3. The molecule has 0 saturated heterocycles. The summed E-state index contributed by atoms with van der Waals surface area (Å²) in [7, 11) is 0. The van der Waals surface area contributed by atoms with Crippen LogP contribution in [0.2, 0.25) is 5.02 Å². The van der Waals surface area contributed by atoms with E-state index < -0.39 is 0 Å². The van der Waals surface area contributed by atoms with E-state index in [1.165, 1.54) is 4.88 Å². The van der Waals surface area contributed by atoms with Crippen LogP contribution in [0.15, 0.2) is 35.0 Å². The molecule has 0 aliphatic rings. The molecule has 0 amide bonds. The number of hydrogen-bond acceptors (Lipinski definition) is 6. The molecule has 0 aliphatic heterocycles. The van der Waals surface area contributed by atoms with Crippen LogP contribution in [0.5, 0.6) is 0 Å². The molecule has 2 heterocycles. The fourth-order valence-corrected chi connectivity index (χ4v) is 2.86. The van der Waals surface area contributed by atoms with Crippen molar-refractivity contribution in [2.24, 2.45) is 0 Å². The van der Waals surface area contributed by atoms with Gasteiger partial charge in [0.25, 0.3) is 0 Å². The molecule has 3 rings (SSSR count). The van der Waals surface area contributed by atoms with Crippen molar-refractivity contribution < 1.29 is 4.52 Å². The highest BCUT2D eigenvalue weighted by atomic mass is 35.5. The summed E-state index contributed by atoms with van der Waals surface area (Å²) in [6.45, 7) is 3.59. The van der Waals surface area contributed by atoms with Crippen LogP contribution in [0.4, 0.5) is 0 Å². The average Bonchev–Trinajstić information content (AvgIpc) is 3.14. The highest BCUT2D eigenvalue weighted by Gasteiger charge is 2.08. The van der Waals surface area contributed by atoms with Crippen LogP contribution in [-0.4, -0.2) is 21.7 Å². The first-order valence-electron chi connectivity index (χ1n) is 6.91. The Hall–Kier alpha value is -1.76. The molecule has 0 atom stereocenters. The lowest BCUT2D eigenvalue weighted by molar-refractivity contribution is 0.376. The highest BCUT2D eigenvalue weighted by Crippen LogP contribution is 2.18. The van der Waals surface area contributed by atoms with Gasteiger partial charge >= 0.3 is 0 Å². The van der Waals surface area contributed by atoms with Crippen molar-refractivity contribution in [2.45, 2.75) is 19.9 Å². The number of hydrogen-bond donors (Lipinski definition) is 1. The second-order valence-corrected chi connectivity index (χ2v) is 6.55. The molecular weight excluding hydrogens is 320 g/mol. The van der Waals surface area contributed by atoms with Crippen molar-refractivity contribution in [3.05, 3.63) is 51.3 Å². The van der Waals surface area contributed by atoms with Gasteiger partial charge in [-0.3, -0.25) is 0 Å². The monoisotopic (exact) mass is 334 g/mol. The number of aromatic nitrogens is 3. The van der Waals surface area contributed by atoms with Crippen molar-refractivity contribution in [3.8, 4) is 11.4 Å². The average molecular weight is 335 g/mol. The number of nitrogens with one attached hydrogen (secondary N) is 1. The normalized spacial score (nSPS) is 11.0. The van der Waals surface area contributed by atoms with E-state index in [0.717, 1.165) is 23.7 Å². The fraction of sp³-hybridized carbons (Fsp3) is 0.267. The summed E-state index contributed by atoms with van der Waals surface area (Å²) >= 11 is 7.57. The van der Waals surface area contributed by atoms with E-state index >= 15 is 0 Å². The SMILES string of the molecule is Cc1ncc(CNCCc2nc(-c3ccc(Cl)cc3)no2)s1. The number of rotatable bonds is 6. The highest BCUT2D eigenvalue weighted by molar-refractivity contribution is 7.11. The van der Waals surface area contributed by atoms with E-state index in [2.05, 4.69) is 20.4 Å². The summed E-state index contributed by atoms with van der Waals surface area (Å²) in [6.07, 6.45) is 2.59. The topological polar surface area (TPSA) is 63.8 Å². The lowest BCUT2D eigenvalue weighted by Gasteiger charge is -1.99. The first kappa shape index (κ1) is 15.1. The summed E-state index contributed by atoms with van der Waals surface area (Å²) in [4.78, 5) is 9.84. The van der Waals surface area contributed by atoms with Crippen molar-refractivity contribution in [1.82, 2.24) is 20.4 Å². The number of nitrogens with zero attached hydrogens (tertiary/aromatic N) is 3. The molecule has 0 bridgehead atoms. The molecule has 0 saturated carbocycles. The summed E-state index contributed by atoms with van der Waals surface area (Å²) in [5, 5.41) is 9.11. The molecule has 22 heavy (non-hydrogen) atoms. The first-order valence-corrected chi connectivity index (χ1v) is 8.11. The van der Waals surface area contributed by atoms with Crippen molar-refractivity contribution >= 4 is 22.9 Å². The van der Waals surface area contributed by atoms with Gasteiger partial charge in [0.2, 0.25) is 11.7 Å². The zero-order valence-electron chi connectivity index (χ0n) is 12.0. The van der Waals surface area contributed by atoms with Crippen LogP contribution in [-0.2, 0) is 13.0 Å². The van der Waals surface area contributed by atoms with Crippen LogP contribution in [0.1, 0.15) is 15.8 Å². The Morgan fingerprint density at radius 1 is 1.27 bits per heavy atom. The molecule has 0 spiro atoms. The number of benzene rings is 1. The van der Waals surface area contributed by atoms with Gasteiger partial charge in [-0.2, -0.15) is 4.98 Å². The Morgan fingerprint density at radius 2 is 2.09 bits per heavy atom. The summed E-state index contributed by atoms with van der Waals surface area (Å²) < 4.78 is 5.26. The van der Waals surface area contributed by atoms with Crippen LogP contribution >= 0.6 is 22.9 Å². The van der Waals surface area contributed by atoms with Crippen molar-refractivity contribution in [1.29, 1.82) is 0 Å². The minimum absolute atomic E-state index is 0.588. The summed E-state index contributed by atoms with van der Waals surface area (Å²) in [6, 6.07) is 7.37. The molecule has 0 aliphatic carbocycles. The fourth-order valence-electron chi connectivity index (χ4n) is 1.97. The molecule has 3 aromatic rings. The van der Waals surface area contributed by atoms with E-state index in [0.29, 0.717) is 23.2 Å². The molecule has 0 radical (unpaired) electrons. The molecular formula is C15H15ClN4OS. The maximum Gasteiger partial charge on any atom is 0.228 e. The predicted molar refractivity (Wildman–Crippen MR) is 87.0 cm³/mol. The molecule has 0 fully saturated rings. The van der Waals surface area contributed by atoms with Gasteiger partial charge in [0.05, 0.1) is 5.01 Å². The van der Waals surface area contributed by atoms with E-state index in [9.17, 15) is 0 Å². The Bertz CT molecular complexity index is 738. The Balaban J connectivity index is 1.50. The third kappa shape index (κ3) is 3.91. The quantitative estimate of drug-likeness (QED) is 0.699. The Labute approximate surface area is 137 Å². The number of thiazole rings is 1. The molecule has 1 aromatic carbocycles. The smallest absolute Gasteiger partial charge is 0.228 e. The lowest BCUT2D eigenvalue weighted by Crippen LogP contribution is -2.16. The van der Waals surface area contributed by atoms with Crippen molar-refractivity contribution in [2.75, 3.05) is 6.54 Å². The zero-order chi connectivity index (χ0) is 15.4.